The summed E-state index contributed by atoms with van der Waals surface area (Å²) < 4.78 is 5.34. The number of rotatable bonds is 5. The molecular formula is C20H38N6O2. The quantitative estimate of drug-likeness (QED) is 0.513. The van der Waals surface area contributed by atoms with Crippen LogP contribution in [-0.4, -0.2) is 124 Å². The predicted octanol–water partition coefficient (Wildman–Crippen LogP) is -0.230. The van der Waals surface area contributed by atoms with Crippen molar-refractivity contribution in [2.75, 3.05) is 92.3 Å². The van der Waals surface area contributed by atoms with Gasteiger partial charge in [0.2, 0.25) is 5.91 Å². The number of hydrogen-bond donors (Lipinski definition) is 1. The zero-order valence-corrected chi connectivity index (χ0v) is 17.7. The van der Waals surface area contributed by atoms with Gasteiger partial charge >= 0.3 is 0 Å². The Kier molecular flexibility index (Phi) is 8.36. The van der Waals surface area contributed by atoms with Gasteiger partial charge in [-0.05, 0) is 39.3 Å². The summed E-state index contributed by atoms with van der Waals surface area (Å²) in [6.07, 6.45) is 2.56. The second-order valence-electron chi connectivity index (χ2n) is 8.22. The molecule has 1 N–H and O–H groups in total. The lowest BCUT2D eigenvalue weighted by molar-refractivity contribution is -0.136. The standard InChI is InChI=1S/C20H38N6O2/c1-3-21-20(22-15-18-5-4-6-23(2)16-18)26-9-7-24(8-10-26)17-19(27)25-11-13-28-14-12-25/h18H,3-17H2,1-2H3,(H,21,22). The molecule has 1 unspecified atom stereocenters. The number of piperazine rings is 1. The summed E-state index contributed by atoms with van der Waals surface area (Å²) in [6, 6.07) is 0. The lowest BCUT2D eigenvalue weighted by atomic mass is 9.99. The Bertz CT molecular complexity index is 515. The zero-order valence-electron chi connectivity index (χ0n) is 17.7. The maximum Gasteiger partial charge on any atom is 0.236 e. The first-order valence-corrected chi connectivity index (χ1v) is 11.0. The van der Waals surface area contributed by atoms with Crippen molar-refractivity contribution in [3.05, 3.63) is 0 Å². The van der Waals surface area contributed by atoms with E-state index in [1.54, 1.807) is 0 Å². The number of guanidine groups is 1. The van der Waals surface area contributed by atoms with E-state index in [-0.39, 0.29) is 5.91 Å². The molecule has 0 saturated carbocycles. The number of likely N-dealkylation sites (tertiary alicyclic amines) is 1. The fraction of sp³-hybridized carbons (Fsp3) is 0.900. The second kappa shape index (κ2) is 11.0. The Morgan fingerprint density at radius 3 is 2.50 bits per heavy atom. The SMILES string of the molecule is CCNC(=NCC1CCCN(C)C1)N1CCN(CC(=O)N2CCOCC2)CC1. The molecule has 0 aromatic heterocycles. The van der Waals surface area contributed by atoms with Crippen LogP contribution in [-0.2, 0) is 9.53 Å². The first-order chi connectivity index (χ1) is 13.7. The lowest BCUT2D eigenvalue weighted by Gasteiger charge is -2.37. The number of hydrogen-bond acceptors (Lipinski definition) is 5. The molecule has 160 valence electrons. The maximum absolute atomic E-state index is 12.5. The highest BCUT2D eigenvalue weighted by Gasteiger charge is 2.24. The fourth-order valence-electron chi connectivity index (χ4n) is 4.29. The molecule has 3 saturated heterocycles. The van der Waals surface area contributed by atoms with Gasteiger partial charge in [0.25, 0.3) is 0 Å². The number of nitrogens with zero attached hydrogens (tertiary/aromatic N) is 5. The molecule has 28 heavy (non-hydrogen) atoms. The van der Waals surface area contributed by atoms with Gasteiger partial charge in [-0.3, -0.25) is 14.7 Å². The van der Waals surface area contributed by atoms with Gasteiger partial charge in [-0.2, -0.15) is 0 Å². The van der Waals surface area contributed by atoms with Crippen molar-refractivity contribution in [3.63, 3.8) is 0 Å². The monoisotopic (exact) mass is 394 g/mol. The van der Waals surface area contributed by atoms with Crippen LogP contribution in [0.15, 0.2) is 4.99 Å². The smallest absolute Gasteiger partial charge is 0.236 e. The van der Waals surface area contributed by atoms with Crippen molar-refractivity contribution in [3.8, 4) is 0 Å². The number of aliphatic imine (C=N–C) groups is 1. The van der Waals surface area contributed by atoms with Crippen molar-refractivity contribution in [2.45, 2.75) is 19.8 Å². The fourth-order valence-corrected chi connectivity index (χ4v) is 4.29. The molecule has 8 nitrogen and oxygen atoms in total. The van der Waals surface area contributed by atoms with Crippen LogP contribution in [0.3, 0.4) is 0 Å². The normalized spacial score (nSPS) is 25.8. The third-order valence-corrected chi connectivity index (χ3v) is 5.95. The lowest BCUT2D eigenvalue weighted by Crippen LogP contribution is -2.55. The minimum absolute atomic E-state index is 0.235. The van der Waals surface area contributed by atoms with Crippen molar-refractivity contribution in [1.29, 1.82) is 0 Å². The average Bonchev–Trinajstić information content (AvgIpc) is 2.72. The highest BCUT2D eigenvalue weighted by Crippen LogP contribution is 2.15. The van der Waals surface area contributed by atoms with E-state index < -0.39 is 0 Å². The zero-order chi connectivity index (χ0) is 19.8. The van der Waals surface area contributed by atoms with E-state index >= 15 is 0 Å². The first-order valence-electron chi connectivity index (χ1n) is 11.0. The van der Waals surface area contributed by atoms with E-state index in [1.807, 2.05) is 4.90 Å². The van der Waals surface area contributed by atoms with Crippen molar-refractivity contribution in [1.82, 2.24) is 24.9 Å². The van der Waals surface area contributed by atoms with Crippen LogP contribution in [0.1, 0.15) is 19.8 Å². The highest BCUT2D eigenvalue weighted by atomic mass is 16.5. The van der Waals surface area contributed by atoms with Gasteiger partial charge in [-0.1, -0.05) is 0 Å². The summed E-state index contributed by atoms with van der Waals surface area (Å²) in [7, 11) is 2.21. The minimum Gasteiger partial charge on any atom is -0.378 e. The van der Waals surface area contributed by atoms with E-state index in [2.05, 4.69) is 34.0 Å². The largest absolute Gasteiger partial charge is 0.378 e. The molecule has 0 aromatic carbocycles. The molecule has 3 aliphatic rings. The predicted molar refractivity (Wildman–Crippen MR) is 112 cm³/mol. The number of ether oxygens (including phenoxy) is 1. The van der Waals surface area contributed by atoms with E-state index in [0.717, 1.165) is 64.9 Å². The van der Waals surface area contributed by atoms with Crippen molar-refractivity contribution < 1.29 is 9.53 Å². The summed E-state index contributed by atoms with van der Waals surface area (Å²) >= 11 is 0. The molecule has 0 spiro atoms. The Balaban J connectivity index is 1.45. The molecule has 3 fully saturated rings. The van der Waals surface area contributed by atoms with Crippen LogP contribution in [0.25, 0.3) is 0 Å². The Hall–Kier alpha value is -1.38. The van der Waals surface area contributed by atoms with Gasteiger partial charge < -0.3 is 24.8 Å². The van der Waals surface area contributed by atoms with Gasteiger partial charge in [-0.25, -0.2) is 0 Å². The third-order valence-electron chi connectivity index (χ3n) is 5.95. The number of carbonyl (C=O) groups is 1. The molecule has 3 rings (SSSR count). The molecule has 0 bridgehead atoms. The Morgan fingerprint density at radius 1 is 1.07 bits per heavy atom. The summed E-state index contributed by atoms with van der Waals surface area (Å²) in [5.41, 5.74) is 0. The molecule has 0 aromatic rings. The van der Waals surface area contributed by atoms with Gasteiger partial charge in [0.15, 0.2) is 5.96 Å². The topological polar surface area (TPSA) is 63.7 Å². The summed E-state index contributed by atoms with van der Waals surface area (Å²) in [6.45, 7) is 13.3. The summed E-state index contributed by atoms with van der Waals surface area (Å²) in [5.74, 6) is 1.94. The Morgan fingerprint density at radius 2 is 1.82 bits per heavy atom. The molecule has 1 atom stereocenters. The maximum atomic E-state index is 12.5. The number of morpholine rings is 1. The average molecular weight is 395 g/mol. The van der Waals surface area contributed by atoms with E-state index in [0.29, 0.717) is 25.7 Å². The number of nitrogens with one attached hydrogen (secondary N) is 1. The molecule has 8 heteroatoms. The highest BCUT2D eigenvalue weighted by molar-refractivity contribution is 5.80. The second-order valence-corrected chi connectivity index (χ2v) is 8.22. The van der Waals surface area contributed by atoms with Gasteiger partial charge in [0, 0.05) is 58.9 Å². The molecule has 0 radical (unpaired) electrons. The van der Waals surface area contributed by atoms with E-state index in [9.17, 15) is 4.79 Å². The number of piperidine rings is 1. The van der Waals surface area contributed by atoms with Gasteiger partial charge in [0.1, 0.15) is 0 Å². The van der Waals surface area contributed by atoms with Crippen molar-refractivity contribution >= 4 is 11.9 Å². The minimum atomic E-state index is 0.235. The number of amides is 1. The van der Waals surface area contributed by atoms with Crippen LogP contribution in [0.2, 0.25) is 0 Å². The summed E-state index contributed by atoms with van der Waals surface area (Å²) in [5, 5.41) is 3.47. The van der Waals surface area contributed by atoms with Crippen LogP contribution >= 0.6 is 0 Å². The van der Waals surface area contributed by atoms with Crippen molar-refractivity contribution in [2.24, 2.45) is 10.9 Å². The molecule has 1 amide bonds. The first kappa shape index (κ1) is 21.3. The molecular weight excluding hydrogens is 356 g/mol. The molecule has 3 aliphatic heterocycles. The molecule has 0 aliphatic carbocycles. The van der Waals surface area contributed by atoms with Crippen LogP contribution in [0, 0.1) is 5.92 Å². The van der Waals surface area contributed by atoms with E-state index in [1.165, 1.54) is 19.4 Å². The molecule has 3 heterocycles. The number of carbonyl (C=O) groups excluding carboxylic acids is 1. The van der Waals surface area contributed by atoms with Crippen LogP contribution in [0.4, 0.5) is 0 Å². The van der Waals surface area contributed by atoms with Gasteiger partial charge in [0.05, 0.1) is 19.8 Å². The van der Waals surface area contributed by atoms with E-state index in [4.69, 9.17) is 9.73 Å². The Labute approximate surface area is 169 Å². The third kappa shape index (κ3) is 6.32. The summed E-state index contributed by atoms with van der Waals surface area (Å²) in [4.78, 5) is 26.4. The van der Waals surface area contributed by atoms with Crippen LogP contribution < -0.4 is 5.32 Å². The van der Waals surface area contributed by atoms with Crippen LogP contribution in [0.5, 0.6) is 0 Å². The van der Waals surface area contributed by atoms with Gasteiger partial charge in [-0.15, -0.1) is 0 Å².